The number of pyridine rings is 1. The maximum Gasteiger partial charge on any atom is 0.0605 e. The van der Waals surface area contributed by atoms with Gasteiger partial charge in [-0.2, -0.15) is 0 Å². The number of nitrogens with zero attached hydrogens (tertiary/aromatic N) is 1. The largest absolute Gasteiger partial charge is 0.309 e. The molecule has 0 radical (unpaired) electrons. The van der Waals surface area contributed by atoms with Crippen LogP contribution in [0.3, 0.4) is 0 Å². The molecule has 0 spiro atoms. The van der Waals surface area contributed by atoms with Crippen LogP contribution in [-0.2, 0) is 0 Å². The van der Waals surface area contributed by atoms with E-state index in [9.17, 15) is 0 Å². The molecule has 1 aromatic carbocycles. The summed E-state index contributed by atoms with van der Waals surface area (Å²) in [5.41, 5.74) is 5.24. The average Bonchev–Trinajstić information content (AvgIpc) is 3.27. The number of aryl methyl sites for hydroxylation is 2. The normalized spacial score (nSPS) is 22.0. The SMILES string of the molecule is CCNC(c1ncc(C)cc1C)C1CC1c1ccccc1. The van der Waals surface area contributed by atoms with E-state index in [0.717, 1.165) is 6.54 Å². The third-order valence-electron chi connectivity index (χ3n) is 4.47. The van der Waals surface area contributed by atoms with Crippen LogP contribution in [0.25, 0.3) is 0 Å². The molecule has 3 atom stereocenters. The van der Waals surface area contributed by atoms with Crippen LogP contribution in [0.2, 0.25) is 0 Å². The minimum Gasteiger partial charge on any atom is -0.309 e. The smallest absolute Gasteiger partial charge is 0.0605 e. The number of aromatic nitrogens is 1. The Bertz CT molecular complexity index is 606. The topological polar surface area (TPSA) is 24.9 Å². The van der Waals surface area contributed by atoms with Gasteiger partial charge in [0.25, 0.3) is 0 Å². The predicted molar refractivity (Wildman–Crippen MR) is 87.4 cm³/mol. The molecule has 1 heterocycles. The molecule has 0 bridgehead atoms. The maximum absolute atomic E-state index is 4.72. The van der Waals surface area contributed by atoms with Crippen molar-refractivity contribution in [1.82, 2.24) is 10.3 Å². The fraction of sp³-hybridized carbons (Fsp3) is 0.421. The van der Waals surface area contributed by atoms with E-state index in [0.29, 0.717) is 17.9 Å². The van der Waals surface area contributed by atoms with Gasteiger partial charge in [0.2, 0.25) is 0 Å². The minimum absolute atomic E-state index is 0.376. The lowest BCUT2D eigenvalue weighted by molar-refractivity contribution is 0.473. The Hall–Kier alpha value is -1.67. The molecule has 1 aromatic heterocycles. The molecule has 1 saturated carbocycles. The maximum atomic E-state index is 4.72. The summed E-state index contributed by atoms with van der Waals surface area (Å²) in [7, 11) is 0. The summed E-state index contributed by atoms with van der Waals surface area (Å²) < 4.78 is 0. The van der Waals surface area contributed by atoms with Crippen LogP contribution in [0.5, 0.6) is 0 Å². The quantitative estimate of drug-likeness (QED) is 0.890. The van der Waals surface area contributed by atoms with Crippen molar-refractivity contribution in [1.29, 1.82) is 0 Å². The van der Waals surface area contributed by atoms with E-state index in [1.165, 1.54) is 28.8 Å². The second-order valence-corrected chi connectivity index (χ2v) is 6.17. The Balaban J connectivity index is 1.83. The molecule has 3 rings (SSSR count). The zero-order valence-electron chi connectivity index (χ0n) is 13.1. The van der Waals surface area contributed by atoms with Crippen LogP contribution in [-0.4, -0.2) is 11.5 Å². The predicted octanol–water partition coefficient (Wildman–Crippen LogP) is 4.15. The molecule has 1 aliphatic carbocycles. The van der Waals surface area contributed by atoms with E-state index in [-0.39, 0.29) is 0 Å². The molecule has 0 saturated heterocycles. The van der Waals surface area contributed by atoms with Gasteiger partial charge in [0.15, 0.2) is 0 Å². The zero-order chi connectivity index (χ0) is 14.8. The standard InChI is InChI=1S/C19H24N2/c1-4-20-19(18-14(3)10-13(2)12-21-18)17-11-16(17)15-8-6-5-7-9-15/h5-10,12,16-17,19-20H,4,11H2,1-3H3. The molecule has 0 amide bonds. The highest BCUT2D eigenvalue weighted by atomic mass is 15.0. The lowest BCUT2D eigenvalue weighted by atomic mass is 9.99. The second kappa shape index (κ2) is 5.98. The van der Waals surface area contributed by atoms with Crippen molar-refractivity contribution in [2.24, 2.45) is 5.92 Å². The van der Waals surface area contributed by atoms with Gasteiger partial charge in [-0.1, -0.05) is 43.3 Å². The van der Waals surface area contributed by atoms with E-state index in [2.05, 4.69) is 62.5 Å². The van der Waals surface area contributed by atoms with Crippen molar-refractivity contribution in [3.05, 3.63) is 65.0 Å². The number of rotatable bonds is 5. The van der Waals surface area contributed by atoms with Gasteiger partial charge < -0.3 is 5.32 Å². The first kappa shape index (κ1) is 14.3. The summed E-state index contributed by atoms with van der Waals surface area (Å²) in [5.74, 6) is 1.35. The summed E-state index contributed by atoms with van der Waals surface area (Å²) >= 11 is 0. The molecule has 1 fully saturated rings. The van der Waals surface area contributed by atoms with Gasteiger partial charge >= 0.3 is 0 Å². The van der Waals surface area contributed by atoms with E-state index in [1.54, 1.807) is 0 Å². The van der Waals surface area contributed by atoms with Crippen molar-refractivity contribution in [3.8, 4) is 0 Å². The van der Waals surface area contributed by atoms with E-state index >= 15 is 0 Å². The highest BCUT2D eigenvalue weighted by Gasteiger charge is 2.44. The van der Waals surface area contributed by atoms with Gasteiger partial charge in [-0.3, -0.25) is 4.98 Å². The third-order valence-corrected chi connectivity index (χ3v) is 4.47. The van der Waals surface area contributed by atoms with Crippen LogP contribution in [0.15, 0.2) is 42.6 Å². The van der Waals surface area contributed by atoms with Gasteiger partial charge in [-0.15, -0.1) is 0 Å². The molecule has 21 heavy (non-hydrogen) atoms. The van der Waals surface area contributed by atoms with Crippen molar-refractivity contribution in [3.63, 3.8) is 0 Å². The van der Waals surface area contributed by atoms with E-state index < -0.39 is 0 Å². The monoisotopic (exact) mass is 280 g/mol. The second-order valence-electron chi connectivity index (χ2n) is 6.17. The zero-order valence-corrected chi connectivity index (χ0v) is 13.1. The summed E-state index contributed by atoms with van der Waals surface area (Å²) in [6.45, 7) is 7.45. The van der Waals surface area contributed by atoms with Gasteiger partial charge in [-0.05, 0) is 55.3 Å². The van der Waals surface area contributed by atoms with Crippen LogP contribution in [0.4, 0.5) is 0 Å². The Labute approximate surface area is 127 Å². The molecule has 2 nitrogen and oxygen atoms in total. The summed E-state index contributed by atoms with van der Waals surface area (Å²) in [4.78, 5) is 4.72. The van der Waals surface area contributed by atoms with Crippen LogP contribution < -0.4 is 5.32 Å². The molecule has 0 aliphatic heterocycles. The van der Waals surface area contributed by atoms with Crippen molar-refractivity contribution in [2.75, 3.05) is 6.54 Å². The van der Waals surface area contributed by atoms with E-state index in [4.69, 9.17) is 4.98 Å². The first-order valence-corrected chi connectivity index (χ1v) is 7.92. The molecule has 1 N–H and O–H groups in total. The lowest BCUT2D eigenvalue weighted by Gasteiger charge is -2.20. The first-order valence-electron chi connectivity index (χ1n) is 7.92. The molecule has 110 valence electrons. The number of nitrogens with one attached hydrogen (secondary N) is 1. The number of hydrogen-bond donors (Lipinski definition) is 1. The van der Waals surface area contributed by atoms with Crippen LogP contribution >= 0.6 is 0 Å². The molecule has 3 unspecified atom stereocenters. The van der Waals surface area contributed by atoms with Gasteiger partial charge in [0.05, 0.1) is 11.7 Å². The summed E-state index contributed by atoms with van der Waals surface area (Å²) in [6.07, 6.45) is 3.25. The highest BCUT2D eigenvalue weighted by Crippen LogP contribution is 2.54. The molecule has 1 aliphatic rings. The number of benzene rings is 1. The van der Waals surface area contributed by atoms with Crippen molar-refractivity contribution < 1.29 is 0 Å². The third kappa shape index (κ3) is 3.01. The molecule has 2 heteroatoms. The number of hydrogen-bond acceptors (Lipinski definition) is 2. The molecular formula is C19H24N2. The molecule has 2 aromatic rings. The average molecular weight is 280 g/mol. The van der Waals surface area contributed by atoms with Gasteiger partial charge in [0, 0.05) is 6.20 Å². The van der Waals surface area contributed by atoms with E-state index in [1.807, 2.05) is 6.20 Å². The fourth-order valence-corrected chi connectivity index (χ4v) is 3.39. The highest BCUT2D eigenvalue weighted by molar-refractivity contribution is 5.32. The fourth-order valence-electron chi connectivity index (χ4n) is 3.39. The Morgan fingerprint density at radius 3 is 2.67 bits per heavy atom. The van der Waals surface area contributed by atoms with Crippen LogP contribution in [0, 0.1) is 19.8 Å². The minimum atomic E-state index is 0.376. The Kier molecular flexibility index (Phi) is 4.07. The first-order chi connectivity index (χ1) is 10.2. The Morgan fingerprint density at radius 1 is 1.24 bits per heavy atom. The Morgan fingerprint density at radius 2 is 2.00 bits per heavy atom. The lowest BCUT2D eigenvalue weighted by Crippen LogP contribution is -2.25. The van der Waals surface area contributed by atoms with Crippen LogP contribution in [0.1, 0.15) is 47.7 Å². The van der Waals surface area contributed by atoms with Crippen molar-refractivity contribution >= 4 is 0 Å². The van der Waals surface area contributed by atoms with Gasteiger partial charge in [0.1, 0.15) is 0 Å². The summed E-state index contributed by atoms with van der Waals surface area (Å²) in [6, 6.07) is 13.5. The van der Waals surface area contributed by atoms with Gasteiger partial charge in [-0.25, -0.2) is 0 Å². The van der Waals surface area contributed by atoms with Crippen molar-refractivity contribution in [2.45, 2.75) is 39.2 Å². The molecular weight excluding hydrogens is 256 g/mol. The summed E-state index contributed by atoms with van der Waals surface area (Å²) in [5, 5.41) is 3.66.